The highest BCUT2D eigenvalue weighted by Gasteiger charge is 2.64. The Balaban J connectivity index is 1.27. The maximum Gasteiger partial charge on any atom is 0.166 e. The monoisotopic (exact) mass is 474 g/mol. The molecule has 35 heavy (non-hydrogen) atoms. The van der Waals surface area contributed by atoms with Gasteiger partial charge in [-0.1, -0.05) is 32.0 Å². The minimum atomic E-state index is -0.461. The van der Waals surface area contributed by atoms with Crippen molar-refractivity contribution in [3.8, 4) is 5.75 Å². The molecule has 8 atom stereocenters. The minimum absolute atomic E-state index is 0.0765. The SMILES string of the molecule is COc1ccc2cc(C(=O)[C@H]3CC[C@@]4(C)[C@@H]5CC[C@H]6C[C@](C)(O)CC[C@@H]6[C@H]5CC[C@]34C)ccc2c1. The molecule has 188 valence electrons. The highest BCUT2D eigenvalue weighted by atomic mass is 16.5. The molecule has 1 N–H and O–H groups in total. The first-order valence-corrected chi connectivity index (χ1v) is 14.0. The summed E-state index contributed by atoms with van der Waals surface area (Å²) in [7, 11) is 1.69. The molecule has 2 aromatic rings. The van der Waals surface area contributed by atoms with Crippen molar-refractivity contribution in [1.82, 2.24) is 0 Å². The lowest BCUT2D eigenvalue weighted by Crippen LogP contribution is -2.55. The van der Waals surface area contributed by atoms with Crippen molar-refractivity contribution in [2.24, 2.45) is 40.4 Å². The molecule has 2 aromatic carbocycles. The van der Waals surface area contributed by atoms with Crippen LogP contribution in [0.1, 0.15) is 88.9 Å². The lowest BCUT2D eigenvalue weighted by molar-refractivity contribution is -0.133. The van der Waals surface area contributed by atoms with Crippen LogP contribution in [0.25, 0.3) is 10.8 Å². The molecule has 0 saturated heterocycles. The summed E-state index contributed by atoms with van der Waals surface area (Å²) in [5, 5.41) is 12.9. The highest BCUT2D eigenvalue weighted by molar-refractivity contribution is 6.02. The predicted molar refractivity (Wildman–Crippen MR) is 141 cm³/mol. The van der Waals surface area contributed by atoms with E-state index in [0.717, 1.165) is 59.1 Å². The Morgan fingerprint density at radius 3 is 2.37 bits per heavy atom. The Labute approximate surface area is 210 Å². The second-order valence-electron chi connectivity index (χ2n) is 13.3. The fourth-order valence-corrected chi connectivity index (χ4v) is 9.63. The van der Waals surface area contributed by atoms with Gasteiger partial charge in [0.15, 0.2) is 5.78 Å². The van der Waals surface area contributed by atoms with Gasteiger partial charge >= 0.3 is 0 Å². The summed E-state index contributed by atoms with van der Waals surface area (Å²) in [5.74, 6) is 4.32. The van der Waals surface area contributed by atoms with Crippen molar-refractivity contribution in [2.75, 3.05) is 7.11 Å². The number of ether oxygens (including phenoxy) is 1. The van der Waals surface area contributed by atoms with Crippen molar-refractivity contribution < 1.29 is 14.6 Å². The summed E-state index contributed by atoms with van der Waals surface area (Å²) in [6.07, 6.45) is 10.3. The van der Waals surface area contributed by atoms with Gasteiger partial charge < -0.3 is 9.84 Å². The topological polar surface area (TPSA) is 46.5 Å². The Bertz CT molecular complexity index is 1150. The second-order valence-corrected chi connectivity index (χ2v) is 13.3. The zero-order chi connectivity index (χ0) is 24.6. The molecule has 0 bridgehead atoms. The molecule has 4 fully saturated rings. The lowest BCUT2D eigenvalue weighted by atomic mass is 9.43. The molecular formula is C32H42O3. The van der Waals surface area contributed by atoms with Gasteiger partial charge in [0.1, 0.15) is 5.75 Å². The van der Waals surface area contributed by atoms with Gasteiger partial charge in [0.2, 0.25) is 0 Å². The van der Waals surface area contributed by atoms with E-state index in [2.05, 4.69) is 32.0 Å². The number of carbonyl (C=O) groups excluding carboxylic acids is 1. The number of fused-ring (bicyclic) bond motifs is 6. The quantitative estimate of drug-likeness (QED) is 0.470. The zero-order valence-corrected chi connectivity index (χ0v) is 22.0. The van der Waals surface area contributed by atoms with Crippen molar-refractivity contribution in [1.29, 1.82) is 0 Å². The number of carbonyl (C=O) groups is 1. The van der Waals surface area contributed by atoms with Gasteiger partial charge in [-0.05, 0) is 128 Å². The number of rotatable bonds is 3. The molecule has 3 heteroatoms. The fraction of sp³-hybridized carbons (Fsp3) is 0.656. The van der Waals surface area contributed by atoms with Gasteiger partial charge in [-0.25, -0.2) is 0 Å². The molecule has 0 aromatic heterocycles. The number of Topliss-reactive ketones (excluding diaryl/α,β-unsaturated/α-hetero) is 1. The number of methoxy groups -OCH3 is 1. The van der Waals surface area contributed by atoms with Crippen molar-refractivity contribution in [3.05, 3.63) is 42.0 Å². The van der Waals surface area contributed by atoms with Crippen LogP contribution >= 0.6 is 0 Å². The van der Waals surface area contributed by atoms with Crippen LogP contribution in [0.2, 0.25) is 0 Å². The van der Waals surface area contributed by atoms with Crippen molar-refractivity contribution in [3.63, 3.8) is 0 Å². The molecule has 0 radical (unpaired) electrons. The van der Waals surface area contributed by atoms with Crippen LogP contribution in [-0.2, 0) is 0 Å². The number of aliphatic hydroxyl groups is 1. The van der Waals surface area contributed by atoms with Crippen LogP contribution < -0.4 is 4.74 Å². The average molecular weight is 475 g/mol. The third-order valence-electron chi connectivity index (χ3n) is 11.7. The number of hydrogen-bond acceptors (Lipinski definition) is 3. The molecule has 0 heterocycles. The van der Waals surface area contributed by atoms with E-state index in [1.807, 2.05) is 25.1 Å². The van der Waals surface area contributed by atoms with E-state index < -0.39 is 5.60 Å². The molecule has 0 spiro atoms. The Hall–Kier alpha value is -1.87. The Morgan fingerprint density at radius 1 is 0.857 bits per heavy atom. The summed E-state index contributed by atoms with van der Waals surface area (Å²) in [4.78, 5) is 14.0. The van der Waals surface area contributed by atoms with E-state index in [1.54, 1.807) is 7.11 Å². The molecule has 4 aliphatic carbocycles. The lowest BCUT2D eigenvalue weighted by Gasteiger charge is -2.61. The summed E-state index contributed by atoms with van der Waals surface area (Å²) in [6, 6.07) is 12.3. The summed E-state index contributed by atoms with van der Waals surface area (Å²) >= 11 is 0. The van der Waals surface area contributed by atoms with Gasteiger partial charge in [0.25, 0.3) is 0 Å². The van der Waals surface area contributed by atoms with E-state index >= 15 is 0 Å². The molecule has 0 unspecified atom stereocenters. The maximum atomic E-state index is 14.0. The molecule has 0 amide bonds. The molecule has 4 aliphatic rings. The predicted octanol–water partition coefficient (Wildman–Crippen LogP) is 7.44. The van der Waals surface area contributed by atoms with Gasteiger partial charge in [0, 0.05) is 11.5 Å². The number of benzene rings is 2. The first-order chi connectivity index (χ1) is 16.6. The van der Waals surface area contributed by atoms with E-state index in [-0.39, 0.29) is 16.7 Å². The maximum absolute atomic E-state index is 14.0. The second kappa shape index (κ2) is 8.07. The summed E-state index contributed by atoms with van der Waals surface area (Å²) in [5.41, 5.74) is 0.730. The first-order valence-electron chi connectivity index (χ1n) is 14.0. The first kappa shape index (κ1) is 23.5. The van der Waals surface area contributed by atoms with Gasteiger partial charge in [-0.3, -0.25) is 4.79 Å². The third-order valence-corrected chi connectivity index (χ3v) is 11.7. The fourth-order valence-electron chi connectivity index (χ4n) is 9.63. The Kier molecular flexibility index (Phi) is 5.42. The normalized spacial score (nSPS) is 42.7. The molecule has 3 nitrogen and oxygen atoms in total. The molecule has 0 aliphatic heterocycles. The average Bonchev–Trinajstić information content (AvgIpc) is 3.13. The summed E-state index contributed by atoms with van der Waals surface area (Å²) in [6.45, 7) is 7.05. The van der Waals surface area contributed by atoms with Crippen LogP contribution in [0.5, 0.6) is 5.75 Å². The van der Waals surface area contributed by atoms with Crippen LogP contribution in [-0.4, -0.2) is 23.6 Å². The smallest absolute Gasteiger partial charge is 0.166 e. The molecular weight excluding hydrogens is 432 g/mol. The van der Waals surface area contributed by atoms with Crippen LogP contribution in [0.15, 0.2) is 36.4 Å². The van der Waals surface area contributed by atoms with Crippen LogP contribution in [0.4, 0.5) is 0 Å². The number of hydrogen-bond donors (Lipinski definition) is 1. The highest BCUT2D eigenvalue weighted by Crippen LogP contribution is 2.71. The van der Waals surface area contributed by atoms with Gasteiger partial charge in [-0.15, -0.1) is 0 Å². The standard InChI is InChI=1S/C32H42O3/c1-30(34)14-11-25-23(19-30)8-10-27-26(25)12-15-32(3)28(13-16-31(27,32)2)29(33)22-6-5-21-18-24(35-4)9-7-20(21)17-22/h5-7,9,17-18,23,25-28,34H,8,10-16,19H2,1-4H3/t23-,25-,26+,27+,28+,30+,31-,32+/m0/s1. The zero-order valence-electron chi connectivity index (χ0n) is 22.0. The van der Waals surface area contributed by atoms with Gasteiger partial charge in [-0.2, -0.15) is 0 Å². The van der Waals surface area contributed by atoms with Crippen molar-refractivity contribution >= 4 is 16.6 Å². The van der Waals surface area contributed by atoms with E-state index in [9.17, 15) is 9.90 Å². The molecule has 4 saturated carbocycles. The van der Waals surface area contributed by atoms with Crippen LogP contribution in [0, 0.1) is 40.4 Å². The largest absolute Gasteiger partial charge is 0.497 e. The van der Waals surface area contributed by atoms with E-state index in [0.29, 0.717) is 11.7 Å². The van der Waals surface area contributed by atoms with E-state index in [4.69, 9.17) is 4.74 Å². The molecule has 6 rings (SSSR count). The van der Waals surface area contributed by atoms with E-state index in [1.165, 1.54) is 38.5 Å². The van der Waals surface area contributed by atoms with Gasteiger partial charge in [0.05, 0.1) is 12.7 Å². The third kappa shape index (κ3) is 3.51. The number of ketones is 1. The van der Waals surface area contributed by atoms with Crippen molar-refractivity contribution in [2.45, 2.75) is 84.2 Å². The summed E-state index contributed by atoms with van der Waals surface area (Å²) < 4.78 is 5.37. The van der Waals surface area contributed by atoms with Crippen LogP contribution in [0.3, 0.4) is 0 Å². The Morgan fingerprint density at radius 2 is 1.57 bits per heavy atom. The minimum Gasteiger partial charge on any atom is -0.497 e.